The fourth-order valence-corrected chi connectivity index (χ4v) is 3.93. The Morgan fingerprint density at radius 3 is 2.45 bits per heavy atom. The zero-order chi connectivity index (χ0) is 15.0. The number of amides is 1. The average molecular weight is 331 g/mol. The Morgan fingerprint density at radius 1 is 1.18 bits per heavy atom. The van der Waals surface area contributed by atoms with Gasteiger partial charge in [-0.15, -0.1) is 12.4 Å². The summed E-state index contributed by atoms with van der Waals surface area (Å²) >= 11 is 0. The number of halogens is 3. The summed E-state index contributed by atoms with van der Waals surface area (Å²) in [6.07, 6.45) is 5.03. The van der Waals surface area contributed by atoms with Gasteiger partial charge < -0.3 is 11.1 Å². The molecule has 0 aromatic heterocycles. The van der Waals surface area contributed by atoms with E-state index in [4.69, 9.17) is 5.73 Å². The number of nitrogens with one attached hydrogen (secondary N) is 1. The monoisotopic (exact) mass is 330 g/mol. The van der Waals surface area contributed by atoms with Gasteiger partial charge in [0.1, 0.15) is 0 Å². The summed E-state index contributed by atoms with van der Waals surface area (Å²) in [6, 6.07) is 3.91. The molecule has 2 fully saturated rings. The maximum absolute atomic E-state index is 13.7. The molecule has 0 aliphatic heterocycles. The number of nitrogens with two attached hydrogens (primary N) is 1. The highest BCUT2D eigenvalue weighted by atomic mass is 35.5. The third kappa shape index (κ3) is 3.25. The second kappa shape index (κ2) is 6.92. The van der Waals surface area contributed by atoms with Crippen LogP contribution >= 0.6 is 12.4 Å². The van der Waals surface area contributed by atoms with Crippen molar-refractivity contribution in [3.63, 3.8) is 0 Å². The van der Waals surface area contributed by atoms with Crippen molar-refractivity contribution in [3.8, 4) is 0 Å². The van der Waals surface area contributed by atoms with Crippen molar-refractivity contribution < 1.29 is 13.6 Å². The quantitative estimate of drug-likeness (QED) is 0.875. The molecule has 2 unspecified atom stereocenters. The van der Waals surface area contributed by atoms with Gasteiger partial charge in [0.25, 0.3) is 5.91 Å². The summed E-state index contributed by atoms with van der Waals surface area (Å²) in [6.45, 7) is 0. The molecule has 2 aliphatic rings. The van der Waals surface area contributed by atoms with Crippen LogP contribution in [0.1, 0.15) is 42.5 Å². The normalized spacial score (nSPS) is 30.3. The number of carbonyl (C=O) groups excluding carboxylic acids is 1. The molecule has 2 atom stereocenters. The smallest absolute Gasteiger partial charge is 0.254 e. The molecular formula is C16H21ClF2N2O. The SMILES string of the molecule is Cl.NC1CC2CCCC(C1)C2NC(=O)c1cccc(F)c1F. The molecule has 1 amide bonds. The molecule has 122 valence electrons. The van der Waals surface area contributed by atoms with Gasteiger partial charge in [0.15, 0.2) is 11.6 Å². The van der Waals surface area contributed by atoms with Crippen LogP contribution in [0.3, 0.4) is 0 Å². The van der Waals surface area contributed by atoms with E-state index in [9.17, 15) is 13.6 Å². The second-order valence-electron chi connectivity index (χ2n) is 6.28. The number of carbonyl (C=O) groups is 1. The summed E-state index contributed by atoms with van der Waals surface area (Å²) in [7, 11) is 0. The largest absolute Gasteiger partial charge is 0.349 e. The van der Waals surface area contributed by atoms with Crippen molar-refractivity contribution in [2.75, 3.05) is 0 Å². The fraction of sp³-hybridized carbons (Fsp3) is 0.562. The molecule has 0 saturated heterocycles. The van der Waals surface area contributed by atoms with Crippen molar-refractivity contribution in [2.45, 2.75) is 44.2 Å². The predicted molar refractivity (Wildman–Crippen MR) is 82.9 cm³/mol. The van der Waals surface area contributed by atoms with Crippen molar-refractivity contribution in [1.29, 1.82) is 0 Å². The molecule has 1 aromatic rings. The van der Waals surface area contributed by atoms with E-state index in [1.807, 2.05) is 0 Å². The molecule has 2 bridgehead atoms. The van der Waals surface area contributed by atoms with E-state index in [2.05, 4.69) is 5.32 Å². The second-order valence-corrected chi connectivity index (χ2v) is 6.28. The van der Waals surface area contributed by atoms with Crippen LogP contribution in [0.4, 0.5) is 8.78 Å². The Bertz CT molecular complexity index is 541. The fourth-order valence-electron chi connectivity index (χ4n) is 3.93. The number of rotatable bonds is 2. The Labute approximate surface area is 135 Å². The van der Waals surface area contributed by atoms with Gasteiger partial charge in [-0.05, 0) is 49.7 Å². The van der Waals surface area contributed by atoms with Gasteiger partial charge in [-0.25, -0.2) is 8.78 Å². The average Bonchev–Trinajstić information content (AvgIpc) is 2.42. The molecule has 1 aromatic carbocycles. The number of hydrogen-bond donors (Lipinski definition) is 2. The third-order valence-corrected chi connectivity index (χ3v) is 4.87. The third-order valence-electron chi connectivity index (χ3n) is 4.87. The highest BCUT2D eigenvalue weighted by Crippen LogP contribution is 2.39. The number of fused-ring (bicyclic) bond motifs is 2. The van der Waals surface area contributed by atoms with E-state index < -0.39 is 17.5 Å². The van der Waals surface area contributed by atoms with Gasteiger partial charge in [0.05, 0.1) is 5.56 Å². The lowest BCUT2D eigenvalue weighted by atomic mass is 9.67. The van der Waals surface area contributed by atoms with Crippen molar-refractivity contribution in [2.24, 2.45) is 17.6 Å². The maximum Gasteiger partial charge on any atom is 0.254 e. The van der Waals surface area contributed by atoms with E-state index in [-0.39, 0.29) is 30.1 Å². The molecule has 0 spiro atoms. The summed E-state index contributed by atoms with van der Waals surface area (Å²) in [5, 5.41) is 2.92. The molecule has 3 N–H and O–H groups in total. The zero-order valence-corrected chi connectivity index (χ0v) is 13.0. The van der Waals surface area contributed by atoms with Crippen LogP contribution in [0.25, 0.3) is 0 Å². The zero-order valence-electron chi connectivity index (χ0n) is 12.2. The first kappa shape index (κ1) is 17.2. The lowest BCUT2D eigenvalue weighted by Crippen LogP contribution is -2.53. The summed E-state index contributed by atoms with van der Waals surface area (Å²) < 4.78 is 26.9. The Morgan fingerprint density at radius 2 is 1.82 bits per heavy atom. The van der Waals surface area contributed by atoms with Crippen LogP contribution in [-0.4, -0.2) is 18.0 Å². The van der Waals surface area contributed by atoms with E-state index in [0.717, 1.165) is 38.2 Å². The van der Waals surface area contributed by atoms with Gasteiger partial charge >= 0.3 is 0 Å². The topological polar surface area (TPSA) is 55.1 Å². The molecule has 3 nitrogen and oxygen atoms in total. The molecule has 0 radical (unpaired) electrons. The maximum atomic E-state index is 13.7. The molecule has 22 heavy (non-hydrogen) atoms. The van der Waals surface area contributed by atoms with Gasteiger partial charge in [-0.1, -0.05) is 12.5 Å². The molecule has 2 saturated carbocycles. The molecule has 6 heteroatoms. The minimum atomic E-state index is -1.08. The van der Waals surface area contributed by atoms with Crippen molar-refractivity contribution in [3.05, 3.63) is 35.4 Å². The minimum Gasteiger partial charge on any atom is -0.349 e. The lowest BCUT2D eigenvalue weighted by Gasteiger charge is -2.45. The standard InChI is InChI=1S/C16H20F2N2O.ClH/c17-13-6-2-5-12(14(13)18)16(21)20-15-9-3-1-4-10(15)8-11(19)7-9;/h2,5-6,9-11,15H,1,3-4,7-8,19H2,(H,20,21);1H. The van der Waals surface area contributed by atoms with Crippen molar-refractivity contribution >= 4 is 18.3 Å². The molecule has 0 heterocycles. The summed E-state index contributed by atoms with van der Waals surface area (Å²) in [4.78, 5) is 12.2. The first-order valence-electron chi connectivity index (χ1n) is 7.56. The van der Waals surface area contributed by atoms with Crippen LogP contribution in [0.15, 0.2) is 18.2 Å². The first-order chi connectivity index (χ1) is 10.1. The van der Waals surface area contributed by atoms with E-state index >= 15 is 0 Å². The van der Waals surface area contributed by atoms with E-state index in [0.29, 0.717) is 11.8 Å². The highest BCUT2D eigenvalue weighted by Gasteiger charge is 2.40. The van der Waals surface area contributed by atoms with Crippen LogP contribution in [0.2, 0.25) is 0 Å². The van der Waals surface area contributed by atoms with Gasteiger partial charge in [-0.2, -0.15) is 0 Å². The Kier molecular flexibility index (Phi) is 5.40. The Hall–Kier alpha value is -1.20. The van der Waals surface area contributed by atoms with Gasteiger partial charge in [0, 0.05) is 12.1 Å². The first-order valence-corrected chi connectivity index (χ1v) is 7.56. The van der Waals surface area contributed by atoms with Crippen molar-refractivity contribution in [1.82, 2.24) is 5.32 Å². The van der Waals surface area contributed by atoms with Crippen LogP contribution in [0.5, 0.6) is 0 Å². The lowest BCUT2D eigenvalue weighted by molar-refractivity contribution is 0.0751. The summed E-state index contributed by atoms with van der Waals surface area (Å²) in [5.41, 5.74) is 5.83. The van der Waals surface area contributed by atoms with Crippen LogP contribution < -0.4 is 11.1 Å². The van der Waals surface area contributed by atoms with Gasteiger partial charge in [0.2, 0.25) is 0 Å². The number of benzene rings is 1. The van der Waals surface area contributed by atoms with Gasteiger partial charge in [-0.3, -0.25) is 4.79 Å². The Balaban J connectivity index is 0.00000176. The van der Waals surface area contributed by atoms with Crippen LogP contribution in [-0.2, 0) is 0 Å². The molecular weight excluding hydrogens is 310 g/mol. The summed E-state index contributed by atoms with van der Waals surface area (Å²) in [5.74, 6) is -1.88. The molecule has 2 aliphatic carbocycles. The van der Waals surface area contributed by atoms with Crippen LogP contribution in [0, 0.1) is 23.5 Å². The minimum absolute atomic E-state index is 0. The predicted octanol–water partition coefficient (Wildman–Crippen LogP) is 3.02. The molecule has 3 rings (SSSR count). The van der Waals surface area contributed by atoms with E-state index in [1.165, 1.54) is 12.1 Å². The van der Waals surface area contributed by atoms with E-state index in [1.54, 1.807) is 0 Å². The number of hydrogen-bond acceptors (Lipinski definition) is 2. The highest BCUT2D eigenvalue weighted by molar-refractivity contribution is 5.94.